The summed E-state index contributed by atoms with van der Waals surface area (Å²) in [7, 11) is 0. The van der Waals surface area contributed by atoms with E-state index in [0.29, 0.717) is 0 Å². The number of rotatable bonds is 1. The molecule has 13 heavy (non-hydrogen) atoms. The molecule has 0 unspecified atom stereocenters. The predicted molar refractivity (Wildman–Crippen MR) is 50.3 cm³/mol. The van der Waals surface area contributed by atoms with Gasteiger partial charge in [0.25, 0.3) is 0 Å². The van der Waals surface area contributed by atoms with Crippen LogP contribution >= 0.6 is 11.6 Å². The molecule has 1 radical (unpaired) electrons. The molecule has 0 atom stereocenters. The molecule has 0 saturated heterocycles. The average molecular weight is 239 g/mol. The second kappa shape index (κ2) is 4.18. The van der Waals surface area contributed by atoms with E-state index in [1.54, 1.807) is 6.26 Å². The van der Waals surface area contributed by atoms with Gasteiger partial charge in [-0.1, -0.05) is 11.6 Å². The smallest absolute Gasteiger partial charge is 0.134 e. The van der Waals surface area contributed by atoms with Crippen molar-refractivity contribution in [1.82, 2.24) is 0 Å². The van der Waals surface area contributed by atoms with E-state index in [0.717, 1.165) is 28.0 Å². The zero-order valence-corrected chi connectivity index (χ0v) is 8.64. The van der Waals surface area contributed by atoms with Gasteiger partial charge in [-0.05, 0) is 23.8 Å². The first-order valence-electron chi connectivity index (χ1n) is 3.76. The van der Waals surface area contributed by atoms with Gasteiger partial charge >= 0.3 is 0 Å². The van der Waals surface area contributed by atoms with Crippen molar-refractivity contribution in [2.24, 2.45) is 0 Å². The zero-order valence-electron chi connectivity index (χ0n) is 6.84. The van der Waals surface area contributed by atoms with Crippen LogP contribution < -0.4 is 0 Å². The molecule has 0 spiro atoms. The van der Waals surface area contributed by atoms with Crippen molar-refractivity contribution >= 4 is 22.6 Å². The second-order valence-electron chi connectivity index (χ2n) is 2.65. The van der Waals surface area contributed by atoms with Crippen LogP contribution in [-0.2, 0) is 23.2 Å². The first-order valence-corrected chi connectivity index (χ1v) is 4.14. The Morgan fingerprint density at radius 1 is 1.38 bits per heavy atom. The minimum Gasteiger partial charge on any atom is -0.464 e. The van der Waals surface area contributed by atoms with Gasteiger partial charge < -0.3 is 11.3 Å². The first-order chi connectivity index (χ1) is 5.81. The summed E-state index contributed by atoms with van der Waals surface area (Å²) in [5.74, 6) is 0. The third-order valence-electron chi connectivity index (χ3n) is 1.89. The molecule has 3 heteroatoms. The Morgan fingerprint density at radius 2 is 2.15 bits per heavy atom. The van der Waals surface area contributed by atoms with Gasteiger partial charge in [0, 0.05) is 27.2 Å². The van der Waals surface area contributed by atoms with Crippen LogP contribution in [0, 0.1) is 6.92 Å². The summed E-state index contributed by atoms with van der Waals surface area (Å²) in [5.41, 5.74) is 1.98. The maximum atomic E-state index is 5.84. The summed E-state index contributed by atoms with van der Waals surface area (Å²) in [6.07, 6.45) is 2.46. The van der Waals surface area contributed by atoms with Crippen LogP contribution in [0.1, 0.15) is 5.56 Å². The fourth-order valence-corrected chi connectivity index (χ4v) is 1.42. The summed E-state index contributed by atoms with van der Waals surface area (Å²) >= 11 is 5.84. The first kappa shape index (κ1) is 10.6. The van der Waals surface area contributed by atoms with Crippen LogP contribution in [0.2, 0.25) is 5.02 Å². The van der Waals surface area contributed by atoms with E-state index in [2.05, 4.69) is 6.92 Å². The Bertz CT molecular complexity index is 408. The Kier molecular flexibility index (Phi) is 3.42. The molecule has 0 N–H and O–H groups in total. The summed E-state index contributed by atoms with van der Waals surface area (Å²) < 4.78 is 5.30. The van der Waals surface area contributed by atoms with Crippen LogP contribution in [-0.4, -0.2) is 0 Å². The fourth-order valence-electron chi connectivity index (χ4n) is 1.25. The van der Waals surface area contributed by atoms with Gasteiger partial charge in [0.1, 0.15) is 5.58 Å². The zero-order chi connectivity index (χ0) is 8.55. The van der Waals surface area contributed by atoms with E-state index in [1.165, 1.54) is 0 Å². The van der Waals surface area contributed by atoms with E-state index < -0.39 is 0 Å². The molecule has 0 aliphatic heterocycles. The molecule has 1 nitrogen and oxygen atoms in total. The molecule has 2 aromatic rings. The largest absolute Gasteiger partial charge is 0.464 e. The van der Waals surface area contributed by atoms with E-state index in [-0.39, 0.29) is 16.8 Å². The summed E-state index contributed by atoms with van der Waals surface area (Å²) in [6, 6.07) is 5.60. The number of fused-ring (bicyclic) bond motifs is 1. The SMILES string of the molecule is [CH2-]Cc1coc2ccc(Cl)cc12.[Co]. The van der Waals surface area contributed by atoms with Gasteiger partial charge in [0.15, 0.2) is 0 Å². The third kappa shape index (κ3) is 1.90. The van der Waals surface area contributed by atoms with Gasteiger partial charge in [-0.2, -0.15) is 6.42 Å². The van der Waals surface area contributed by atoms with Gasteiger partial charge in [0.2, 0.25) is 0 Å². The van der Waals surface area contributed by atoms with Crippen molar-refractivity contribution in [3.8, 4) is 0 Å². The normalized spacial score (nSPS) is 10.0. The number of furan rings is 1. The van der Waals surface area contributed by atoms with Crippen molar-refractivity contribution in [2.45, 2.75) is 6.42 Å². The number of hydrogen-bond acceptors (Lipinski definition) is 1. The van der Waals surface area contributed by atoms with Crippen LogP contribution in [0.4, 0.5) is 0 Å². The van der Waals surface area contributed by atoms with Gasteiger partial charge in [-0.25, -0.2) is 0 Å². The Balaban J connectivity index is 0.000000845. The Morgan fingerprint density at radius 3 is 2.85 bits per heavy atom. The predicted octanol–water partition coefficient (Wildman–Crippen LogP) is 3.46. The molecule has 0 aliphatic carbocycles. The maximum Gasteiger partial charge on any atom is 0.134 e. The van der Waals surface area contributed by atoms with Crippen molar-refractivity contribution in [3.05, 3.63) is 42.0 Å². The van der Waals surface area contributed by atoms with Crippen molar-refractivity contribution in [1.29, 1.82) is 0 Å². The molecule has 2 rings (SSSR count). The summed E-state index contributed by atoms with van der Waals surface area (Å²) in [5, 5.41) is 1.80. The molecule has 1 heterocycles. The number of hydrogen-bond donors (Lipinski definition) is 0. The number of benzene rings is 1. The quantitative estimate of drug-likeness (QED) is 0.694. The Labute approximate surface area is 92.3 Å². The topological polar surface area (TPSA) is 13.1 Å². The summed E-state index contributed by atoms with van der Waals surface area (Å²) in [4.78, 5) is 0. The van der Waals surface area contributed by atoms with Crippen molar-refractivity contribution in [2.75, 3.05) is 0 Å². The minimum atomic E-state index is 0. The fraction of sp³-hybridized carbons (Fsp3) is 0.100. The van der Waals surface area contributed by atoms with Gasteiger partial charge in [0.05, 0.1) is 6.26 Å². The molecule has 1 aromatic heterocycles. The van der Waals surface area contributed by atoms with E-state index >= 15 is 0 Å². The average Bonchev–Trinajstić information content (AvgIpc) is 2.46. The molecule has 0 aliphatic rings. The second-order valence-corrected chi connectivity index (χ2v) is 3.09. The van der Waals surface area contributed by atoms with Crippen molar-refractivity contribution < 1.29 is 21.2 Å². The molecular weight excluding hydrogens is 230 g/mol. The van der Waals surface area contributed by atoms with E-state index in [1.807, 2.05) is 18.2 Å². The van der Waals surface area contributed by atoms with Gasteiger partial charge in [-0.15, -0.1) is 0 Å². The van der Waals surface area contributed by atoms with Crippen LogP contribution in [0.25, 0.3) is 11.0 Å². The Hall–Kier alpha value is -0.444. The molecule has 0 amide bonds. The van der Waals surface area contributed by atoms with Crippen LogP contribution in [0.15, 0.2) is 28.9 Å². The molecule has 0 saturated carbocycles. The van der Waals surface area contributed by atoms with Crippen molar-refractivity contribution in [3.63, 3.8) is 0 Å². The van der Waals surface area contributed by atoms with E-state index in [4.69, 9.17) is 16.0 Å². The number of halogens is 1. The molecule has 1 aromatic carbocycles. The van der Waals surface area contributed by atoms with Crippen LogP contribution in [0.3, 0.4) is 0 Å². The monoisotopic (exact) mass is 238 g/mol. The standard InChI is InChI=1S/C10H8ClO.Co/c1-2-7-6-12-10-4-3-8(11)5-9(7)10;/h3-6H,1-2H2;/q-1;. The summed E-state index contributed by atoms with van der Waals surface area (Å²) in [6.45, 7) is 3.80. The molecule has 0 bridgehead atoms. The van der Waals surface area contributed by atoms with Gasteiger partial charge in [-0.3, -0.25) is 0 Å². The maximum absolute atomic E-state index is 5.84. The van der Waals surface area contributed by atoms with E-state index in [9.17, 15) is 0 Å². The molecule has 71 valence electrons. The minimum absolute atomic E-state index is 0. The molecule has 0 fully saturated rings. The molecular formula is C10H8ClCoO-. The third-order valence-corrected chi connectivity index (χ3v) is 2.12. The van der Waals surface area contributed by atoms with Crippen LogP contribution in [0.5, 0.6) is 0 Å².